The molecule has 0 aliphatic heterocycles. The first-order valence-electron chi connectivity index (χ1n) is 14.2. The molecule has 0 aromatic heterocycles. The van der Waals surface area contributed by atoms with Gasteiger partial charge in [-0.2, -0.15) is 0 Å². The second-order valence-electron chi connectivity index (χ2n) is 10.2. The molecule has 1 aliphatic carbocycles. The van der Waals surface area contributed by atoms with E-state index in [4.69, 9.17) is 0 Å². The van der Waals surface area contributed by atoms with Crippen molar-refractivity contribution in [2.75, 3.05) is 5.01 Å². The van der Waals surface area contributed by atoms with E-state index in [0.29, 0.717) is 18.6 Å². The Labute approximate surface area is 222 Å². The minimum Gasteiger partial charge on any atom is -0.389 e. The first-order valence-corrected chi connectivity index (χ1v) is 14.2. The fourth-order valence-corrected chi connectivity index (χ4v) is 5.13. The number of aliphatic hydroxyl groups is 1. The molecule has 3 atom stereocenters. The van der Waals surface area contributed by atoms with E-state index in [0.717, 1.165) is 75.6 Å². The summed E-state index contributed by atoms with van der Waals surface area (Å²) < 4.78 is 0. The van der Waals surface area contributed by atoms with Gasteiger partial charge < -0.3 is 5.11 Å². The van der Waals surface area contributed by atoms with Crippen LogP contribution in [0, 0.1) is 11.8 Å². The summed E-state index contributed by atoms with van der Waals surface area (Å²) in [5.41, 5.74) is 4.89. The van der Waals surface area contributed by atoms with Crippen LogP contribution in [0.1, 0.15) is 84.0 Å². The van der Waals surface area contributed by atoms with Gasteiger partial charge in [0.1, 0.15) is 5.78 Å². The number of rotatable bonds is 16. The lowest BCUT2D eigenvalue weighted by Crippen LogP contribution is -2.38. The summed E-state index contributed by atoms with van der Waals surface area (Å²) >= 11 is 0. The monoisotopic (exact) mass is 504 g/mol. The molecule has 1 amide bonds. The Morgan fingerprint density at radius 3 is 2.27 bits per heavy atom. The number of hydrogen-bond donors (Lipinski definition) is 2. The summed E-state index contributed by atoms with van der Waals surface area (Å²) in [5, 5.41) is 12.0. The van der Waals surface area contributed by atoms with Gasteiger partial charge >= 0.3 is 0 Å². The highest BCUT2D eigenvalue weighted by atomic mass is 16.3. The van der Waals surface area contributed by atoms with Gasteiger partial charge in [-0.25, -0.2) is 0 Å². The van der Waals surface area contributed by atoms with Gasteiger partial charge in [0.05, 0.1) is 17.5 Å². The van der Waals surface area contributed by atoms with Gasteiger partial charge in [0.25, 0.3) is 0 Å². The summed E-state index contributed by atoms with van der Waals surface area (Å²) in [4.78, 5) is 25.1. The summed E-state index contributed by atoms with van der Waals surface area (Å²) in [6, 6.07) is 19.7. The van der Waals surface area contributed by atoms with Gasteiger partial charge in [-0.15, -0.1) is 0 Å². The molecule has 2 aromatic carbocycles. The third kappa shape index (κ3) is 9.81. The Bertz CT molecular complexity index is 921. The predicted molar refractivity (Wildman–Crippen MR) is 151 cm³/mol. The quantitative estimate of drug-likeness (QED) is 0.143. The van der Waals surface area contributed by atoms with Crippen molar-refractivity contribution in [1.82, 2.24) is 5.43 Å². The summed E-state index contributed by atoms with van der Waals surface area (Å²) in [7, 11) is 0. The molecule has 200 valence electrons. The van der Waals surface area contributed by atoms with E-state index in [1.54, 1.807) is 0 Å². The van der Waals surface area contributed by atoms with Crippen molar-refractivity contribution >= 4 is 23.1 Å². The minimum atomic E-state index is -0.395. The second-order valence-corrected chi connectivity index (χ2v) is 10.2. The Kier molecular flexibility index (Phi) is 12.4. The van der Waals surface area contributed by atoms with Gasteiger partial charge in [0, 0.05) is 18.8 Å². The lowest BCUT2D eigenvalue weighted by molar-refractivity contribution is -0.121. The zero-order chi connectivity index (χ0) is 26.3. The van der Waals surface area contributed by atoms with Crippen LogP contribution in [-0.2, 0) is 9.59 Å². The highest BCUT2D eigenvalue weighted by Crippen LogP contribution is 2.34. The van der Waals surface area contributed by atoms with Gasteiger partial charge in [0.15, 0.2) is 0 Å². The molecule has 3 rings (SSSR count). The molecule has 0 spiro atoms. The fraction of sp³-hybridized carbons (Fsp3) is 0.500. The van der Waals surface area contributed by atoms with Crippen molar-refractivity contribution in [3.05, 3.63) is 72.8 Å². The van der Waals surface area contributed by atoms with E-state index in [2.05, 4.69) is 18.4 Å². The first-order chi connectivity index (χ1) is 18.1. The molecule has 2 aromatic rings. The lowest BCUT2D eigenvalue weighted by atomic mass is 9.89. The van der Waals surface area contributed by atoms with Crippen molar-refractivity contribution in [3.63, 3.8) is 0 Å². The van der Waals surface area contributed by atoms with Crippen molar-refractivity contribution in [2.24, 2.45) is 11.8 Å². The minimum absolute atomic E-state index is 0.00127. The third-order valence-corrected chi connectivity index (χ3v) is 7.27. The van der Waals surface area contributed by atoms with Crippen LogP contribution in [0.2, 0.25) is 0 Å². The summed E-state index contributed by atoms with van der Waals surface area (Å²) in [6.45, 7) is 2.16. The number of allylic oxidation sites excluding steroid dienone is 1. The molecular formula is C32H44N2O3. The van der Waals surface area contributed by atoms with E-state index >= 15 is 0 Å². The number of amides is 1. The Morgan fingerprint density at radius 2 is 1.62 bits per heavy atom. The van der Waals surface area contributed by atoms with Gasteiger partial charge in [-0.05, 0) is 55.9 Å². The number of anilines is 2. The zero-order valence-electron chi connectivity index (χ0n) is 22.4. The molecule has 0 bridgehead atoms. The molecule has 0 saturated heterocycles. The third-order valence-electron chi connectivity index (χ3n) is 7.27. The van der Waals surface area contributed by atoms with Crippen LogP contribution in [0.4, 0.5) is 11.4 Å². The number of unbranched alkanes of at least 4 members (excludes halogenated alkanes) is 5. The Hall–Kier alpha value is -2.92. The molecule has 37 heavy (non-hydrogen) atoms. The number of Topliss-reactive ketones (excluding diaryl/α,β-unsaturated/α-hetero) is 1. The molecule has 0 heterocycles. The van der Waals surface area contributed by atoms with Crippen LogP contribution in [-0.4, -0.2) is 22.9 Å². The molecule has 0 unspecified atom stereocenters. The maximum Gasteiger partial charge on any atom is 0.238 e. The maximum atomic E-state index is 12.7. The van der Waals surface area contributed by atoms with Gasteiger partial charge in [-0.1, -0.05) is 94.0 Å². The van der Waals surface area contributed by atoms with Crippen LogP contribution >= 0.6 is 0 Å². The summed E-state index contributed by atoms with van der Waals surface area (Å²) in [6.07, 6.45) is 14.5. The topological polar surface area (TPSA) is 69.6 Å². The highest BCUT2D eigenvalue weighted by molar-refractivity contribution is 5.83. The highest BCUT2D eigenvalue weighted by Gasteiger charge is 2.32. The van der Waals surface area contributed by atoms with Crippen molar-refractivity contribution in [3.8, 4) is 0 Å². The number of hydrogen-bond acceptors (Lipinski definition) is 4. The molecule has 1 saturated carbocycles. The van der Waals surface area contributed by atoms with E-state index in [-0.39, 0.29) is 17.7 Å². The van der Waals surface area contributed by atoms with E-state index in [1.165, 1.54) is 0 Å². The van der Waals surface area contributed by atoms with Crippen molar-refractivity contribution in [2.45, 2.75) is 90.1 Å². The lowest BCUT2D eigenvalue weighted by Gasteiger charge is -2.25. The largest absolute Gasteiger partial charge is 0.389 e. The second kappa shape index (κ2) is 16.0. The first kappa shape index (κ1) is 28.6. The molecule has 1 aliphatic rings. The van der Waals surface area contributed by atoms with Gasteiger partial charge in [0.2, 0.25) is 5.91 Å². The van der Waals surface area contributed by atoms with E-state index in [1.807, 2.05) is 71.7 Å². The number of hydrazine groups is 1. The number of carbonyl (C=O) groups is 2. The standard InChI is InChI=1S/C32H44N2O3/c1-2-3-8-19-29(35)24-22-26-23-25-31(36)30(26)20-13-4-5-14-21-32(37)33-34(27-15-9-6-10-16-27)28-17-11-7-12-18-28/h6-7,9-12,15-18,22,24,26,29-30,35H,2-5,8,13-14,19-21,23,25H2,1H3,(H,33,37)/t26-,29+,30+/m0/s1. The normalized spacial score (nSPS) is 18.3. The Morgan fingerprint density at radius 1 is 0.973 bits per heavy atom. The van der Waals surface area contributed by atoms with Gasteiger partial charge in [-0.3, -0.25) is 20.0 Å². The average molecular weight is 505 g/mol. The van der Waals surface area contributed by atoms with Crippen LogP contribution in [0.25, 0.3) is 0 Å². The maximum absolute atomic E-state index is 12.7. The number of carbonyl (C=O) groups excluding carboxylic acids is 2. The number of nitrogens with one attached hydrogen (secondary N) is 1. The smallest absolute Gasteiger partial charge is 0.238 e. The number of ketones is 1. The van der Waals surface area contributed by atoms with Crippen molar-refractivity contribution < 1.29 is 14.7 Å². The SMILES string of the molecule is CCCCC[C@@H](O)C=C[C@H]1CCC(=O)[C@@H]1CCCCCCC(=O)NN(c1ccccc1)c1ccccc1. The molecule has 2 N–H and O–H groups in total. The van der Waals surface area contributed by atoms with Crippen LogP contribution in [0.15, 0.2) is 72.8 Å². The predicted octanol–water partition coefficient (Wildman–Crippen LogP) is 7.29. The number of aliphatic hydroxyl groups excluding tert-OH is 1. The van der Waals surface area contributed by atoms with E-state index < -0.39 is 6.10 Å². The van der Waals surface area contributed by atoms with Crippen LogP contribution in [0.3, 0.4) is 0 Å². The molecule has 1 fully saturated rings. The van der Waals surface area contributed by atoms with Crippen LogP contribution < -0.4 is 10.4 Å². The number of para-hydroxylation sites is 2. The molecule has 5 heteroatoms. The van der Waals surface area contributed by atoms with Crippen molar-refractivity contribution in [1.29, 1.82) is 0 Å². The average Bonchev–Trinajstić information content (AvgIpc) is 3.28. The summed E-state index contributed by atoms with van der Waals surface area (Å²) in [5.74, 6) is 0.728. The molecular weight excluding hydrogens is 460 g/mol. The fourth-order valence-electron chi connectivity index (χ4n) is 5.13. The number of nitrogens with zero attached hydrogens (tertiary/aromatic N) is 1. The molecule has 0 radical (unpaired) electrons. The molecule has 5 nitrogen and oxygen atoms in total. The van der Waals surface area contributed by atoms with E-state index in [9.17, 15) is 14.7 Å². The Balaban J connectivity index is 1.37. The zero-order valence-corrected chi connectivity index (χ0v) is 22.4. The number of benzene rings is 2. The van der Waals surface area contributed by atoms with Crippen LogP contribution in [0.5, 0.6) is 0 Å².